The van der Waals surface area contributed by atoms with Crippen molar-refractivity contribution < 1.29 is 5.11 Å². The molecule has 90 valence electrons. The van der Waals surface area contributed by atoms with Gasteiger partial charge in [0.25, 0.3) is 0 Å². The van der Waals surface area contributed by atoms with Gasteiger partial charge in [-0.3, -0.25) is 0 Å². The van der Waals surface area contributed by atoms with E-state index in [1.165, 1.54) is 16.7 Å². The predicted molar refractivity (Wildman–Crippen MR) is 67.6 cm³/mol. The van der Waals surface area contributed by atoms with Gasteiger partial charge in [-0.1, -0.05) is 23.8 Å². The monoisotopic (exact) mass is 222 g/mol. The van der Waals surface area contributed by atoms with E-state index in [1.807, 2.05) is 0 Å². The van der Waals surface area contributed by atoms with E-state index < -0.39 is 6.10 Å². The highest BCUT2D eigenvalue weighted by Crippen LogP contribution is 2.10. The van der Waals surface area contributed by atoms with Crippen LogP contribution in [-0.4, -0.2) is 30.8 Å². The Morgan fingerprint density at radius 2 is 2.12 bits per heavy atom. The molecule has 0 amide bonds. The summed E-state index contributed by atoms with van der Waals surface area (Å²) in [6.45, 7) is 6.00. The topological polar surface area (TPSA) is 58.3 Å². The molecule has 0 aliphatic carbocycles. The van der Waals surface area contributed by atoms with Crippen molar-refractivity contribution in [2.45, 2.75) is 26.4 Å². The van der Waals surface area contributed by atoms with Crippen LogP contribution in [0.2, 0.25) is 0 Å². The lowest BCUT2D eigenvalue weighted by molar-refractivity contribution is 0.180. The van der Waals surface area contributed by atoms with Gasteiger partial charge in [-0.25, -0.2) is 0 Å². The van der Waals surface area contributed by atoms with E-state index in [9.17, 15) is 5.11 Å². The maximum Gasteiger partial charge on any atom is 0.0786 e. The molecule has 0 spiro atoms. The molecule has 1 aromatic rings. The zero-order valence-corrected chi connectivity index (χ0v) is 10.2. The zero-order chi connectivity index (χ0) is 12.0. The Hall–Kier alpha value is -0.900. The molecule has 0 saturated carbocycles. The number of nitrogens with one attached hydrogen (secondary N) is 1. The van der Waals surface area contributed by atoms with Crippen LogP contribution in [0.3, 0.4) is 0 Å². The number of hydrogen-bond donors (Lipinski definition) is 3. The van der Waals surface area contributed by atoms with Gasteiger partial charge >= 0.3 is 0 Å². The van der Waals surface area contributed by atoms with Crippen molar-refractivity contribution in [3.8, 4) is 0 Å². The van der Waals surface area contributed by atoms with Crippen molar-refractivity contribution >= 4 is 0 Å². The number of hydrogen-bond acceptors (Lipinski definition) is 3. The maximum absolute atomic E-state index is 9.27. The molecule has 0 heterocycles. The minimum atomic E-state index is -0.432. The zero-order valence-electron chi connectivity index (χ0n) is 10.2. The second kappa shape index (κ2) is 6.63. The fourth-order valence-corrected chi connectivity index (χ4v) is 1.64. The minimum Gasteiger partial charge on any atom is -0.390 e. The van der Waals surface area contributed by atoms with E-state index in [-0.39, 0.29) is 0 Å². The summed E-state index contributed by atoms with van der Waals surface area (Å²) in [5.74, 6) is 0. The van der Waals surface area contributed by atoms with Crippen LogP contribution in [0.15, 0.2) is 18.2 Å². The summed E-state index contributed by atoms with van der Waals surface area (Å²) in [7, 11) is 0. The van der Waals surface area contributed by atoms with E-state index in [0.29, 0.717) is 13.1 Å². The minimum absolute atomic E-state index is 0.316. The molecule has 1 unspecified atom stereocenters. The van der Waals surface area contributed by atoms with Crippen molar-refractivity contribution in [3.63, 3.8) is 0 Å². The summed E-state index contributed by atoms with van der Waals surface area (Å²) in [6, 6.07) is 6.50. The smallest absolute Gasteiger partial charge is 0.0786 e. The summed E-state index contributed by atoms with van der Waals surface area (Å²) in [5, 5.41) is 12.5. The van der Waals surface area contributed by atoms with Crippen molar-refractivity contribution in [1.29, 1.82) is 0 Å². The molecule has 3 heteroatoms. The van der Waals surface area contributed by atoms with Crippen molar-refractivity contribution in [1.82, 2.24) is 5.32 Å². The molecule has 1 atom stereocenters. The van der Waals surface area contributed by atoms with E-state index in [2.05, 4.69) is 37.4 Å². The highest BCUT2D eigenvalue weighted by atomic mass is 16.3. The Kier molecular flexibility index (Phi) is 5.46. The van der Waals surface area contributed by atoms with Gasteiger partial charge in [-0.2, -0.15) is 0 Å². The van der Waals surface area contributed by atoms with Crippen LogP contribution in [-0.2, 0) is 6.42 Å². The summed E-state index contributed by atoms with van der Waals surface area (Å²) < 4.78 is 0. The van der Waals surface area contributed by atoms with Crippen LogP contribution < -0.4 is 11.1 Å². The number of rotatable bonds is 6. The third-order valence-corrected chi connectivity index (χ3v) is 2.73. The first-order chi connectivity index (χ1) is 7.63. The third-order valence-electron chi connectivity index (χ3n) is 2.73. The summed E-state index contributed by atoms with van der Waals surface area (Å²) in [6.07, 6.45) is 0.559. The molecule has 0 radical (unpaired) electrons. The van der Waals surface area contributed by atoms with E-state index >= 15 is 0 Å². The average molecular weight is 222 g/mol. The predicted octanol–water partition coefficient (Wildman–Crippen LogP) is 0.755. The van der Waals surface area contributed by atoms with Crippen LogP contribution in [0.5, 0.6) is 0 Å². The Labute approximate surface area is 97.7 Å². The molecule has 16 heavy (non-hydrogen) atoms. The summed E-state index contributed by atoms with van der Waals surface area (Å²) >= 11 is 0. The second-order valence-electron chi connectivity index (χ2n) is 4.27. The molecule has 0 saturated heterocycles. The number of nitrogens with two attached hydrogens (primary N) is 1. The highest BCUT2D eigenvalue weighted by Gasteiger charge is 2.01. The largest absolute Gasteiger partial charge is 0.390 e. The standard InChI is InChI=1S/C13H22N2O/c1-10-3-4-11(2)12(7-10)5-6-15-9-13(16)8-14/h3-4,7,13,15-16H,5-6,8-9,14H2,1-2H3. The number of aryl methyl sites for hydroxylation is 2. The molecule has 1 aromatic carbocycles. The lowest BCUT2D eigenvalue weighted by Gasteiger charge is -2.10. The van der Waals surface area contributed by atoms with Crippen molar-refractivity contribution in [2.75, 3.05) is 19.6 Å². The average Bonchev–Trinajstić information content (AvgIpc) is 2.28. The summed E-state index contributed by atoms with van der Waals surface area (Å²) in [5.41, 5.74) is 9.31. The molecule has 4 N–H and O–H groups in total. The van der Waals surface area contributed by atoms with Crippen LogP contribution in [0.4, 0.5) is 0 Å². The first-order valence-electron chi connectivity index (χ1n) is 5.78. The highest BCUT2D eigenvalue weighted by molar-refractivity contribution is 5.30. The number of aliphatic hydroxyl groups excluding tert-OH is 1. The van der Waals surface area contributed by atoms with Gasteiger partial charge in [0.05, 0.1) is 6.10 Å². The molecular weight excluding hydrogens is 200 g/mol. The van der Waals surface area contributed by atoms with Crippen LogP contribution in [0, 0.1) is 13.8 Å². The van der Waals surface area contributed by atoms with Gasteiger partial charge < -0.3 is 16.2 Å². The Bertz CT molecular complexity index is 326. The van der Waals surface area contributed by atoms with Crippen LogP contribution in [0.1, 0.15) is 16.7 Å². The molecule has 1 rings (SSSR count). The molecule has 0 bridgehead atoms. The van der Waals surface area contributed by atoms with Crippen LogP contribution >= 0.6 is 0 Å². The van der Waals surface area contributed by atoms with Gasteiger partial charge in [0.2, 0.25) is 0 Å². The van der Waals surface area contributed by atoms with Gasteiger partial charge in [0.15, 0.2) is 0 Å². The van der Waals surface area contributed by atoms with Gasteiger partial charge in [0.1, 0.15) is 0 Å². The van der Waals surface area contributed by atoms with Crippen molar-refractivity contribution in [2.24, 2.45) is 5.73 Å². The molecule has 0 fully saturated rings. The number of benzene rings is 1. The van der Waals surface area contributed by atoms with E-state index in [0.717, 1.165) is 13.0 Å². The maximum atomic E-state index is 9.27. The fraction of sp³-hybridized carbons (Fsp3) is 0.538. The Morgan fingerprint density at radius 1 is 1.38 bits per heavy atom. The summed E-state index contributed by atoms with van der Waals surface area (Å²) in [4.78, 5) is 0. The number of aliphatic hydroxyl groups is 1. The van der Waals surface area contributed by atoms with Crippen LogP contribution in [0.25, 0.3) is 0 Å². The van der Waals surface area contributed by atoms with E-state index in [4.69, 9.17) is 5.73 Å². The quantitative estimate of drug-likeness (QED) is 0.623. The molecule has 0 aromatic heterocycles. The molecular formula is C13H22N2O. The SMILES string of the molecule is Cc1ccc(C)c(CCNCC(O)CN)c1. The van der Waals surface area contributed by atoms with E-state index in [1.54, 1.807) is 0 Å². The van der Waals surface area contributed by atoms with Crippen molar-refractivity contribution in [3.05, 3.63) is 34.9 Å². The van der Waals surface area contributed by atoms with Gasteiger partial charge in [-0.05, 0) is 37.9 Å². The fourth-order valence-electron chi connectivity index (χ4n) is 1.64. The first kappa shape index (κ1) is 13.2. The van der Waals surface area contributed by atoms with Gasteiger partial charge in [0, 0.05) is 13.1 Å². The third kappa shape index (κ3) is 4.31. The molecule has 0 aliphatic rings. The normalized spacial score (nSPS) is 12.8. The first-order valence-corrected chi connectivity index (χ1v) is 5.78. The Morgan fingerprint density at radius 3 is 2.81 bits per heavy atom. The molecule has 3 nitrogen and oxygen atoms in total. The second-order valence-corrected chi connectivity index (χ2v) is 4.27. The molecule has 0 aliphatic heterocycles. The lowest BCUT2D eigenvalue weighted by atomic mass is 10.0. The Balaban J connectivity index is 2.34. The van der Waals surface area contributed by atoms with Gasteiger partial charge in [-0.15, -0.1) is 0 Å². The lowest BCUT2D eigenvalue weighted by Crippen LogP contribution is -2.33.